The third-order valence-corrected chi connectivity index (χ3v) is 4.57. The molecule has 0 aliphatic heterocycles. The third-order valence-electron chi connectivity index (χ3n) is 3.63. The van der Waals surface area contributed by atoms with Crippen LogP contribution in [-0.4, -0.2) is 24.5 Å². The Balaban J connectivity index is 1.78. The zero-order valence-corrected chi connectivity index (χ0v) is 14.8. The maximum atomic E-state index is 12.0. The maximum absolute atomic E-state index is 12.0. The summed E-state index contributed by atoms with van der Waals surface area (Å²) in [5.74, 6) is -0.101. The maximum Gasteiger partial charge on any atom is 0.319 e. The highest BCUT2D eigenvalue weighted by Crippen LogP contribution is 2.10. The van der Waals surface area contributed by atoms with Crippen LogP contribution in [0.5, 0.6) is 0 Å². The summed E-state index contributed by atoms with van der Waals surface area (Å²) in [4.78, 5) is 25.1. The number of carbonyl (C=O) groups excluding carboxylic acids is 2. The van der Waals surface area contributed by atoms with Gasteiger partial charge in [0, 0.05) is 28.7 Å². The molecule has 1 heterocycles. The van der Waals surface area contributed by atoms with Crippen LogP contribution in [0.1, 0.15) is 35.5 Å². The molecule has 0 fully saturated rings. The van der Waals surface area contributed by atoms with Crippen LogP contribution in [-0.2, 0) is 6.42 Å². The Labute approximate surface area is 146 Å². The van der Waals surface area contributed by atoms with Gasteiger partial charge in [0.15, 0.2) is 0 Å². The smallest absolute Gasteiger partial charge is 0.319 e. The molecule has 0 aliphatic rings. The normalized spacial score (nSPS) is 11.6. The summed E-state index contributed by atoms with van der Waals surface area (Å²) in [5.41, 5.74) is 1.24. The number of rotatable bonds is 7. The van der Waals surface area contributed by atoms with E-state index in [0.29, 0.717) is 17.8 Å². The molecule has 3 N–H and O–H groups in total. The molecule has 0 saturated carbocycles. The molecule has 1 aromatic heterocycles. The lowest BCUT2D eigenvalue weighted by molar-refractivity contribution is 0.0939. The Hall–Kier alpha value is -2.34. The molecule has 2 rings (SSSR count). The average Bonchev–Trinajstić information content (AvgIpc) is 3.08. The fraction of sp³-hybridized carbons (Fsp3) is 0.333. The molecular formula is C18H23N3O2S. The standard InChI is InChI=1S/C18H23N3O2S/c1-3-13(2)20-17(22)14-6-8-15(9-7-14)21-18(23)19-11-10-16-5-4-12-24-16/h4-9,12-13H,3,10-11H2,1-2H3,(H,20,22)(H2,19,21,23). The number of hydrogen-bond donors (Lipinski definition) is 3. The highest BCUT2D eigenvalue weighted by molar-refractivity contribution is 7.09. The summed E-state index contributed by atoms with van der Waals surface area (Å²) in [7, 11) is 0. The summed E-state index contributed by atoms with van der Waals surface area (Å²) in [6.45, 7) is 4.57. The summed E-state index contributed by atoms with van der Waals surface area (Å²) >= 11 is 1.68. The zero-order chi connectivity index (χ0) is 17.4. The van der Waals surface area contributed by atoms with Crippen molar-refractivity contribution in [1.82, 2.24) is 10.6 Å². The van der Waals surface area contributed by atoms with Gasteiger partial charge in [-0.25, -0.2) is 4.79 Å². The topological polar surface area (TPSA) is 70.2 Å². The monoisotopic (exact) mass is 345 g/mol. The molecular weight excluding hydrogens is 322 g/mol. The van der Waals surface area contributed by atoms with Crippen molar-refractivity contribution in [2.24, 2.45) is 0 Å². The second kappa shape index (κ2) is 9.08. The van der Waals surface area contributed by atoms with E-state index in [9.17, 15) is 9.59 Å². The summed E-state index contributed by atoms with van der Waals surface area (Å²) in [5, 5.41) is 10.5. The lowest BCUT2D eigenvalue weighted by Gasteiger charge is -2.12. The highest BCUT2D eigenvalue weighted by Gasteiger charge is 2.08. The van der Waals surface area contributed by atoms with E-state index in [0.717, 1.165) is 12.8 Å². The minimum absolute atomic E-state index is 0.101. The average molecular weight is 345 g/mol. The number of nitrogens with one attached hydrogen (secondary N) is 3. The lowest BCUT2D eigenvalue weighted by Crippen LogP contribution is -2.32. The van der Waals surface area contributed by atoms with E-state index in [1.807, 2.05) is 31.4 Å². The SMILES string of the molecule is CCC(C)NC(=O)c1ccc(NC(=O)NCCc2cccs2)cc1. The molecule has 1 atom stereocenters. The van der Waals surface area contributed by atoms with Gasteiger partial charge in [-0.05, 0) is 55.5 Å². The van der Waals surface area contributed by atoms with E-state index in [1.54, 1.807) is 35.6 Å². The lowest BCUT2D eigenvalue weighted by atomic mass is 10.1. The first-order chi connectivity index (χ1) is 11.6. The van der Waals surface area contributed by atoms with Crippen molar-refractivity contribution in [3.05, 3.63) is 52.2 Å². The van der Waals surface area contributed by atoms with E-state index in [-0.39, 0.29) is 18.0 Å². The highest BCUT2D eigenvalue weighted by atomic mass is 32.1. The van der Waals surface area contributed by atoms with Crippen LogP contribution < -0.4 is 16.0 Å². The fourth-order valence-electron chi connectivity index (χ4n) is 2.04. The van der Waals surface area contributed by atoms with Gasteiger partial charge < -0.3 is 16.0 Å². The summed E-state index contributed by atoms with van der Waals surface area (Å²) in [6, 6.07) is 10.8. The number of hydrogen-bond acceptors (Lipinski definition) is 3. The van der Waals surface area contributed by atoms with Crippen molar-refractivity contribution in [3.63, 3.8) is 0 Å². The van der Waals surface area contributed by atoms with E-state index < -0.39 is 0 Å². The van der Waals surface area contributed by atoms with E-state index >= 15 is 0 Å². The number of urea groups is 1. The van der Waals surface area contributed by atoms with E-state index in [1.165, 1.54) is 4.88 Å². The molecule has 0 radical (unpaired) electrons. The van der Waals surface area contributed by atoms with Crippen molar-refractivity contribution in [1.29, 1.82) is 0 Å². The minimum atomic E-state index is -0.247. The Morgan fingerprint density at radius 1 is 1.17 bits per heavy atom. The Morgan fingerprint density at radius 3 is 2.54 bits per heavy atom. The van der Waals surface area contributed by atoms with Crippen LogP contribution in [0.2, 0.25) is 0 Å². The quantitative estimate of drug-likeness (QED) is 0.717. The van der Waals surface area contributed by atoms with Gasteiger partial charge in [0.05, 0.1) is 0 Å². The number of amides is 3. The van der Waals surface area contributed by atoms with Crippen LogP contribution >= 0.6 is 11.3 Å². The van der Waals surface area contributed by atoms with Crippen molar-refractivity contribution < 1.29 is 9.59 Å². The molecule has 0 saturated heterocycles. The molecule has 0 bridgehead atoms. The van der Waals surface area contributed by atoms with Gasteiger partial charge in [-0.1, -0.05) is 13.0 Å². The molecule has 3 amide bonds. The Bertz CT molecular complexity index is 653. The molecule has 2 aromatic rings. The Kier molecular flexibility index (Phi) is 6.81. The molecule has 1 unspecified atom stereocenters. The van der Waals surface area contributed by atoms with Crippen LogP contribution in [0.25, 0.3) is 0 Å². The van der Waals surface area contributed by atoms with Crippen LogP contribution in [0.3, 0.4) is 0 Å². The second-order valence-corrected chi connectivity index (χ2v) is 6.60. The summed E-state index contributed by atoms with van der Waals surface area (Å²) in [6.07, 6.45) is 1.71. The van der Waals surface area contributed by atoms with Crippen molar-refractivity contribution in [2.45, 2.75) is 32.7 Å². The van der Waals surface area contributed by atoms with Crippen molar-refractivity contribution in [2.75, 3.05) is 11.9 Å². The molecule has 6 heteroatoms. The zero-order valence-electron chi connectivity index (χ0n) is 14.0. The first-order valence-electron chi connectivity index (χ1n) is 8.06. The minimum Gasteiger partial charge on any atom is -0.350 e. The number of anilines is 1. The van der Waals surface area contributed by atoms with E-state index in [2.05, 4.69) is 16.0 Å². The van der Waals surface area contributed by atoms with Gasteiger partial charge in [-0.15, -0.1) is 11.3 Å². The largest absolute Gasteiger partial charge is 0.350 e. The Morgan fingerprint density at radius 2 is 1.92 bits per heavy atom. The molecule has 0 spiro atoms. The van der Waals surface area contributed by atoms with Crippen molar-refractivity contribution >= 4 is 29.0 Å². The molecule has 5 nitrogen and oxygen atoms in total. The first kappa shape index (κ1) is 18.0. The van der Waals surface area contributed by atoms with Gasteiger partial charge >= 0.3 is 6.03 Å². The molecule has 128 valence electrons. The van der Waals surface area contributed by atoms with Gasteiger partial charge in [-0.3, -0.25) is 4.79 Å². The number of benzene rings is 1. The number of thiophene rings is 1. The first-order valence-corrected chi connectivity index (χ1v) is 8.94. The second-order valence-electron chi connectivity index (χ2n) is 5.57. The predicted molar refractivity (Wildman–Crippen MR) is 98.7 cm³/mol. The fourth-order valence-corrected chi connectivity index (χ4v) is 2.75. The summed E-state index contributed by atoms with van der Waals surface area (Å²) < 4.78 is 0. The van der Waals surface area contributed by atoms with Crippen LogP contribution in [0.15, 0.2) is 41.8 Å². The third kappa shape index (κ3) is 5.70. The van der Waals surface area contributed by atoms with Gasteiger partial charge in [-0.2, -0.15) is 0 Å². The molecule has 1 aromatic carbocycles. The van der Waals surface area contributed by atoms with E-state index in [4.69, 9.17) is 0 Å². The van der Waals surface area contributed by atoms with Gasteiger partial charge in [0.2, 0.25) is 0 Å². The van der Waals surface area contributed by atoms with Crippen LogP contribution in [0.4, 0.5) is 10.5 Å². The molecule has 24 heavy (non-hydrogen) atoms. The van der Waals surface area contributed by atoms with Gasteiger partial charge in [0.1, 0.15) is 0 Å². The number of carbonyl (C=O) groups is 2. The van der Waals surface area contributed by atoms with Gasteiger partial charge in [0.25, 0.3) is 5.91 Å². The van der Waals surface area contributed by atoms with Crippen LogP contribution in [0, 0.1) is 0 Å². The van der Waals surface area contributed by atoms with Crippen molar-refractivity contribution in [3.8, 4) is 0 Å². The molecule has 0 aliphatic carbocycles. The predicted octanol–water partition coefficient (Wildman–Crippen LogP) is 3.64.